The Bertz CT molecular complexity index is 731. The van der Waals surface area contributed by atoms with Crippen molar-refractivity contribution in [2.45, 2.75) is 18.9 Å². The Morgan fingerprint density at radius 2 is 2.28 bits per heavy atom. The monoisotopic (exact) mass is 395 g/mol. The Labute approximate surface area is 160 Å². The van der Waals surface area contributed by atoms with Crippen molar-refractivity contribution in [1.29, 1.82) is 0 Å². The second-order valence-corrected chi connectivity index (χ2v) is 7.18. The molecule has 3 N–H and O–H groups in total. The summed E-state index contributed by atoms with van der Waals surface area (Å²) in [6, 6.07) is 9.79. The van der Waals surface area contributed by atoms with E-state index >= 15 is 0 Å². The normalized spacial score (nSPS) is 16.9. The maximum atomic E-state index is 6.15. The predicted molar refractivity (Wildman–Crippen MR) is 107 cm³/mol. The van der Waals surface area contributed by atoms with Gasteiger partial charge in [-0.15, -0.1) is 0 Å². The first-order chi connectivity index (χ1) is 12.2. The molecule has 2 aromatic rings. The van der Waals surface area contributed by atoms with Gasteiger partial charge in [0.1, 0.15) is 0 Å². The molecule has 1 fully saturated rings. The predicted octanol–water partition coefficient (Wildman–Crippen LogP) is 3.52. The van der Waals surface area contributed by atoms with E-state index < -0.39 is 0 Å². The highest BCUT2D eigenvalue weighted by molar-refractivity contribution is 7.80. The number of thiocarbonyl (C=S) groups is 1. The Morgan fingerprint density at radius 1 is 1.44 bits per heavy atom. The first-order valence-electron chi connectivity index (χ1n) is 7.87. The zero-order valence-corrected chi connectivity index (χ0v) is 15.8. The van der Waals surface area contributed by atoms with Crippen molar-refractivity contribution in [1.82, 2.24) is 15.7 Å². The SMILES string of the molecule is S=C(NCC1CCCO1)N/N=C/c1sc(Nc2ccccc2)nc1Cl. The molecule has 0 radical (unpaired) electrons. The van der Waals surface area contributed by atoms with Crippen molar-refractivity contribution in [2.75, 3.05) is 18.5 Å². The number of halogens is 1. The Kier molecular flexibility index (Phi) is 6.57. The van der Waals surface area contributed by atoms with Gasteiger partial charge in [-0.2, -0.15) is 5.10 Å². The van der Waals surface area contributed by atoms with E-state index in [-0.39, 0.29) is 6.10 Å². The van der Waals surface area contributed by atoms with Gasteiger partial charge in [-0.25, -0.2) is 4.98 Å². The fourth-order valence-electron chi connectivity index (χ4n) is 2.29. The molecule has 1 aliphatic heterocycles. The van der Waals surface area contributed by atoms with E-state index in [1.807, 2.05) is 30.3 Å². The summed E-state index contributed by atoms with van der Waals surface area (Å²) in [7, 11) is 0. The zero-order chi connectivity index (χ0) is 17.5. The fraction of sp³-hybridized carbons (Fsp3) is 0.312. The minimum atomic E-state index is 0.228. The van der Waals surface area contributed by atoms with Gasteiger partial charge in [0.05, 0.1) is 17.2 Å². The highest BCUT2D eigenvalue weighted by Gasteiger charge is 2.15. The number of benzene rings is 1. The lowest BCUT2D eigenvalue weighted by Crippen LogP contribution is -2.37. The maximum Gasteiger partial charge on any atom is 0.189 e. The number of ether oxygens (including phenoxy) is 1. The molecule has 1 aliphatic rings. The molecule has 6 nitrogen and oxygen atoms in total. The summed E-state index contributed by atoms with van der Waals surface area (Å²) >= 11 is 12.7. The second kappa shape index (κ2) is 9.10. The van der Waals surface area contributed by atoms with Crippen LogP contribution in [0.3, 0.4) is 0 Å². The average Bonchev–Trinajstić information content (AvgIpc) is 3.24. The minimum Gasteiger partial charge on any atom is -0.376 e. The molecule has 0 bridgehead atoms. The summed E-state index contributed by atoms with van der Waals surface area (Å²) < 4.78 is 5.53. The molecule has 2 heterocycles. The molecule has 1 atom stereocenters. The largest absolute Gasteiger partial charge is 0.376 e. The van der Waals surface area contributed by atoms with Crippen LogP contribution in [0.4, 0.5) is 10.8 Å². The van der Waals surface area contributed by atoms with E-state index in [9.17, 15) is 0 Å². The summed E-state index contributed by atoms with van der Waals surface area (Å²) in [5.41, 5.74) is 3.73. The van der Waals surface area contributed by atoms with Gasteiger partial charge in [0, 0.05) is 18.8 Å². The molecular weight excluding hydrogens is 378 g/mol. The Hall–Kier alpha value is -1.74. The standard InChI is InChI=1S/C16H18ClN5OS2/c17-14-13(25-16(21-14)20-11-5-2-1-3-6-11)10-19-22-15(24)18-9-12-7-4-8-23-12/h1-3,5-6,10,12H,4,7-9H2,(H,20,21)(H2,18,22,24)/b19-10+. The third-order valence-corrected chi connectivity index (χ3v) is 5.04. The molecule has 132 valence electrons. The topological polar surface area (TPSA) is 70.6 Å². The summed E-state index contributed by atoms with van der Waals surface area (Å²) in [5, 5.41) is 12.0. The van der Waals surface area contributed by atoms with Crippen LogP contribution in [0.25, 0.3) is 0 Å². The molecule has 9 heteroatoms. The minimum absolute atomic E-state index is 0.228. The van der Waals surface area contributed by atoms with Gasteiger partial charge < -0.3 is 15.4 Å². The number of aromatic nitrogens is 1. The van der Waals surface area contributed by atoms with Crippen LogP contribution in [0, 0.1) is 0 Å². The van der Waals surface area contributed by atoms with E-state index in [1.54, 1.807) is 6.21 Å². The molecule has 1 aromatic heterocycles. The van der Waals surface area contributed by atoms with Crippen LogP contribution in [-0.2, 0) is 4.74 Å². The number of nitrogens with one attached hydrogen (secondary N) is 3. The highest BCUT2D eigenvalue weighted by Crippen LogP contribution is 2.27. The third kappa shape index (κ3) is 5.64. The van der Waals surface area contributed by atoms with Gasteiger partial charge in [0.2, 0.25) is 0 Å². The molecule has 1 aromatic carbocycles. The zero-order valence-electron chi connectivity index (χ0n) is 13.4. The average molecular weight is 396 g/mol. The quantitative estimate of drug-likeness (QED) is 0.395. The molecule has 0 saturated carbocycles. The van der Waals surface area contributed by atoms with Crippen molar-refractivity contribution in [3.05, 3.63) is 40.4 Å². The number of thiazole rings is 1. The number of anilines is 2. The third-order valence-electron chi connectivity index (χ3n) is 3.50. The van der Waals surface area contributed by atoms with Gasteiger partial charge in [-0.05, 0) is 37.2 Å². The van der Waals surface area contributed by atoms with Crippen LogP contribution < -0.4 is 16.1 Å². The molecule has 1 saturated heterocycles. The lowest BCUT2D eigenvalue weighted by Gasteiger charge is -2.11. The van der Waals surface area contributed by atoms with Crippen LogP contribution in [-0.4, -0.2) is 35.6 Å². The first kappa shape index (κ1) is 18.1. The van der Waals surface area contributed by atoms with Crippen LogP contribution in [0.5, 0.6) is 0 Å². The fourth-order valence-corrected chi connectivity index (χ4v) is 3.48. The van der Waals surface area contributed by atoms with E-state index in [0.717, 1.165) is 30.0 Å². The molecule has 0 aliphatic carbocycles. The molecule has 0 amide bonds. The summed E-state index contributed by atoms with van der Waals surface area (Å²) in [4.78, 5) is 5.03. The van der Waals surface area contributed by atoms with E-state index in [4.69, 9.17) is 28.6 Å². The van der Waals surface area contributed by atoms with Crippen LogP contribution in [0.15, 0.2) is 35.4 Å². The van der Waals surface area contributed by atoms with Crippen molar-refractivity contribution in [2.24, 2.45) is 5.10 Å². The molecular formula is C16H18ClN5OS2. The maximum absolute atomic E-state index is 6.15. The second-order valence-electron chi connectivity index (χ2n) is 5.38. The Morgan fingerprint density at radius 3 is 3.04 bits per heavy atom. The van der Waals surface area contributed by atoms with Crippen molar-refractivity contribution >= 4 is 57.3 Å². The Balaban J connectivity index is 1.48. The van der Waals surface area contributed by atoms with E-state index in [2.05, 4.69) is 26.1 Å². The molecule has 0 spiro atoms. The molecule has 3 rings (SSSR count). The number of hydrazone groups is 1. The summed E-state index contributed by atoms with van der Waals surface area (Å²) in [6.45, 7) is 1.52. The van der Waals surface area contributed by atoms with Gasteiger partial charge in [0.25, 0.3) is 0 Å². The molecule has 1 unspecified atom stereocenters. The van der Waals surface area contributed by atoms with Crippen LogP contribution >= 0.6 is 35.2 Å². The van der Waals surface area contributed by atoms with Crippen LogP contribution in [0.1, 0.15) is 17.7 Å². The van der Waals surface area contributed by atoms with Crippen molar-refractivity contribution < 1.29 is 4.74 Å². The lowest BCUT2D eigenvalue weighted by atomic mass is 10.2. The number of nitrogens with zero attached hydrogens (tertiary/aromatic N) is 2. The number of rotatable bonds is 6. The smallest absolute Gasteiger partial charge is 0.189 e. The van der Waals surface area contributed by atoms with E-state index in [1.165, 1.54) is 11.3 Å². The number of para-hydroxylation sites is 1. The highest BCUT2D eigenvalue weighted by atomic mass is 35.5. The molecule has 25 heavy (non-hydrogen) atoms. The first-order valence-corrected chi connectivity index (χ1v) is 9.48. The number of hydrogen-bond donors (Lipinski definition) is 3. The van der Waals surface area contributed by atoms with Gasteiger partial charge in [-0.3, -0.25) is 5.43 Å². The van der Waals surface area contributed by atoms with Crippen molar-refractivity contribution in [3.8, 4) is 0 Å². The van der Waals surface area contributed by atoms with Gasteiger partial charge in [0.15, 0.2) is 15.4 Å². The van der Waals surface area contributed by atoms with Gasteiger partial charge in [-0.1, -0.05) is 41.1 Å². The summed E-state index contributed by atoms with van der Waals surface area (Å²) in [5.74, 6) is 0. The lowest BCUT2D eigenvalue weighted by molar-refractivity contribution is 0.114. The van der Waals surface area contributed by atoms with E-state index in [0.29, 0.717) is 21.9 Å². The van der Waals surface area contributed by atoms with Gasteiger partial charge >= 0.3 is 0 Å². The summed E-state index contributed by atoms with van der Waals surface area (Å²) in [6.07, 6.45) is 4.00. The van der Waals surface area contributed by atoms with Crippen molar-refractivity contribution in [3.63, 3.8) is 0 Å². The number of hydrogen-bond acceptors (Lipinski definition) is 6. The van der Waals surface area contributed by atoms with Crippen LogP contribution in [0.2, 0.25) is 5.15 Å².